The number of piperazine rings is 1. The van der Waals surface area contributed by atoms with Gasteiger partial charge in [0.05, 0.1) is 3.79 Å². The molecule has 8 heteroatoms. The third-order valence-electron chi connectivity index (χ3n) is 3.42. The molecule has 3 heterocycles. The lowest BCUT2D eigenvalue weighted by Gasteiger charge is -2.34. The molecule has 0 amide bonds. The van der Waals surface area contributed by atoms with E-state index < -0.39 is 0 Å². The number of nitrogen functional groups attached to an aromatic ring is 1. The van der Waals surface area contributed by atoms with Gasteiger partial charge in [-0.25, -0.2) is 4.98 Å². The van der Waals surface area contributed by atoms with Crippen molar-refractivity contribution in [2.45, 2.75) is 13.1 Å². The zero-order chi connectivity index (χ0) is 13.9. The smallest absolute Gasteiger partial charge is 0.180 e. The second-order valence-electron chi connectivity index (χ2n) is 4.92. The Hall–Kier alpha value is -0.180. The Labute approximate surface area is 147 Å². The van der Waals surface area contributed by atoms with E-state index in [1.54, 1.807) is 11.3 Å². The van der Waals surface area contributed by atoms with Gasteiger partial charge in [-0.3, -0.25) is 9.80 Å². The van der Waals surface area contributed by atoms with Gasteiger partial charge in [0, 0.05) is 55.2 Å². The molecule has 1 aliphatic rings. The third kappa shape index (κ3) is 4.91. The molecule has 2 aromatic rings. The fourth-order valence-electron chi connectivity index (χ4n) is 2.38. The molecule has 116 valence electrons. The zero-order valence-electron chi connectivity index (χ0n) is 11.5. The molecule has 0 bridgehead atoms. The molecular weight excluding hydrogens is 392 g/mol. The molecule has 0 aromatic carbocycles. The van der Waals surface area contributed by atoms with Gasteiger partial charge in [-0.05, 0) is 28.1 Å². The lowest BCUT2D eigenvalue weighted by Crippen LogP contribution is -2.45. The Balaban J connectivity index is 0.00000161. The maximum absolute atomic E-state index is 5.67. The van der Waals surface area contributed by atoms with Crippen LogP contribution >= 0.6 is 51.0 Å². The Morgan fingerprint density at radius 3 is 2.14 bits per heavy atom. The van der Waals surface area contributed by atoms with Crippen molar-refractivity contribution in [2.24, 2.45) is 0 Å². The van der Waals surface area contributed by atoms with Crippen LogP contribution in [0.15, 0.2) is 22.1 Å². The number of rotatable bonds is 4. The summed E-state index contributed by atoms with van der Waals surface area (Å²) in [6.45, 7) is 6.53. The second-order valence-corrected chi connectivity index (χ2v) is 8.62. The van der Waals surface area contributed by atoms with Crippen molar-refractivity contribution in [1.29, 1.82) is 0 Å². The summed E-state index contributed by atoms with van der Waals surface area (Å²) in [7, 11) is 0. The summed E-state index contributed by atoms with van der Waals surface area (Å²) < 4.78 is 1.22. The lowest BCUT2D eigenvalue weighted by molar-refractivity contribution is 0.123. The fraction of sp³-hybridized carbons (Fsp3) is 0.462. The largest absolute Gasteiger partial charge is 0.375 e. The lowest BCUT2D eigenvalue weighted by atomic mass is 10.3. The summed E-state index contributed by atoms with van der Waals surface area (Å²) in [5, 5.41) is 0.668. The van der Waals surface area contributed by atoms with Crippen molar-refractivity contribution in [3.05, 3.63) is 31.9 Å². The van der Waals surface area contributed by atoms with Crippen LogP contribution in [0.4, 0.5) is 5.13 Å². The van der Waals surface area contributed by atoms with E-state index in [4.69, 9.17) is 5.73 Å². The number of hydrogen-bond acceptors (Lipinski definition) is 6. The molecule has 21 heavy (non-hydrogen) atoms. The molecule has 1 saturated heterocycles. The summed E-state index contributed by atoms with van der Waals surface area (Å²) in [5.41, 5.74) is 5.67. The molecule has 3 rings (SSSR count). The summed E-state index contributed by atoms with van der Waals surface area (Å²) in [5.74, 6) is 0. The number of thiophene rings is 1. The van der Waals surface area contributed by atoms with E-state index in [2.05, 4.69) is 42.8 Å². The highest BCUT2D eigenvalue weighted by Gasteiger charge is 2.18. The molecule has 0 radical (unpaired) electrons. The topological polar surface area (TPSA) is 45.4 Å². The molecule has 2 aromatic heterocycles. The first-order valence-electron chi connectivity index (χ1n) is 6.58. The van der Waals surface area contributed by atoms with Gasteiger partial charge in [0.25, 0.3) is 0 Å². The standard InChI is InChI=1S/C13H17BrN4S2.ClH/c14-12-2-1-10(19-12)8-17-3-5-18(6-4-17)9-11-7-16-13(15)20-11;/h1-2,7H,3-6,8-9H2,(H2,15,16);1H. The number of aromatic nitrogens is 1. The van der Waals surface area contributed by atoms with Gasteiger partial charge in [-0.2, -0.15) is 0 Å². The number of thiazole rings is 1. The van der Waals surface area contributed by atoms with Gasteiger partial charge in [0.2, 0.25) is 0 Å². The monoisotopic (exact) mass is 408 g/mol. The van der Waals surface area contributed by atoms with E-state index in [0.717, 1.165) is 39.3 Å². The summed E-state index contributed by atoms with van der Waals surface area (Å²) in [4.78, 5) is 11.8. The zero-order valence-corrected chi connectivity index (χ0v) is 15.5. The van der Waals surface area contributed by atoms with Crippen molar-refractivity contribution in [3.63, 3.8) is 0 Å². The molecule has 2 N–H and O–H groups in total. The number of nitrogens with two attached hydrogens (primary N) is 1. The van der Waals surface area contributed by atoms with Crippen LogP contribution in [0.3, 0.4) is 0 Å². The van der Waals surface area contributed by atoms with Crippen molar-refractivity contribution in [3.8, 4) is 0 Å². The predicted octanol–water partition coefficient (Wildman–Crippen LogP) is 3.29. The average Bonchev–Trinajstić information content (AvgIpc) is 3.01. The van der Waals surface area contributed by atoms with Crippen molar-refractivity contribution in [1.82, 2.24) is 14.8 Å². The normalized spacial score (nSPS) is 16.8. The van der Waals surface area contributed by atoms with Gasteiger partial charge in [0.1, 0.15) is 0 Å². The van der Waals surface area contributed by atoms with E-state index in [0.29, 0.717) is 5.13 Å². The van der Waals surface area contributed by atoms with Crippen LogP contribution in [0.25, 0.3) is 0 Å². The highest BCUT2D eigenvalue weighted by Crippen LogP contribution is 2.24. The van der Waals surface area contributed by atoms with Crippen LogP contribution in [0, 0.1) is 0 Å². The predicted molar refractivity (Wildman–Crippen MR) is 96.3 cm³/mol. The first-order chi connectivity index (χ1) is 9.69. The minimum Gasteiger partial charge on any atom is -0.375 e. The summed E-state index contributed by atoms with van der Waals surface area (Å²) in [6.07, 6.45) is 1.90. The Kier molecular flexibility index (Phi) is 6.46. The van der Waals surface area contributed by atoms with Crippen LogP contribution < -0.4 is 5.73 Å². The Bertz CT molecular complexity index is 516. The average molecular weight is 410 g/mol. The van der Waals surface area contributed by atoms with Crippen LogP contribution in [0.2, 0.25) is 0 Å². The SMILES string of the molecule is Cl.Nc1ncc(CN2CCN(Cc3ccc(Br)s3)CC2)s1. The second kappa shape index (κ2) is 7.89. The maximum Gasteiger partial charge on any atom is 0.180 e. The highest BCUT2D eigenvalue weighted by molar-refractivity contribution is 9.11. The molecule has 0 unspecified atom stereocenters. The van der Waals surface area contributed by atoms with E-state index in [-0.39, 0.29) is 12.4 Å². The highest BCUT2D eigenvalue weighted by atomic mass is 79.9. The molecule has 1 aliphatic heterocycles. The van der Waals surface area contributed by atoms with Crippen LogP contribution in [0.5, 0.6) is 0 Å². The Morgan fingerprint density at radius 2 is 1.67 bits per heavy atom. The molecular formula is C13H18BrClN4S2. The first-order valence-corrected chi connectivity index (χ1v) is 9.01. The van der Waals surface area contributed by atoms with Crippen LogP contribution in [-0.4, -0.2) is 41.0 Å². The number of anilines is 1. The molecule has 1 fully saturated rings. The van der Waals surface area contributed by atoms with E-state index in [1.807, 2.05) is 17.5 Å². The molecule has 4 nitrogen and oxygen atoms in total. The van der Waals surface area contributed by atoms with E-state index >= 15 is 0 Å². The summed E-state index contributed by atoms with van der Waals surface area (Å²) >= 11 is 6.95. The van der Waals surface area contributed by atoms with Gasteiger partial charge >= 0.3 is 0 Å². The molecule has 0 saturated carbocycles. The quantitative estimate of drug-likeness (QED) is 0.841. The molecule has 0 atom stereocenters. The fourth-order valence-corrected chi connectivity index (χ4v) is 4.63. The number of hydrogen-bond donors (Lipinski definition) is 1. The van der Waals surface area contributed by atoms with Gasteiger partial charge in [-0.1, -0.05) is 0 Å². The summed E-state index contributed by atoms with van der Waals surface area (Å²) in [6, 6.07) is 4.34. The third-order valence-corrected chi connectivity index (χ3v) is 5.84. The minimum atomic E-state index is 0. The minimum absolute atomic E-state index is 0. The van der Waals surface area contributed by atoms with Crippen LogP contribution in [-0.2, 0) is 13.1 Å². The number of halogens is 2. The van der Waals surface area contributed by atoms with E-state index in [9.17, 15) is 0 Å². The van der Waals surface area contributed by atoms with Crippen molar-refractivity contribution >= 4 is 56.1 Å². The van der Waals surface area contributed by atoms with Crippen LogP contribution in [0.1, 0.15) is 9.75 Å². The molecule has 0 spiro atoms. The number of nitrogens with zero attached hydrogens (tertiary/aromatic N) is 3. The van der Waals surface area contributed by atoms with Crippen molar-refractivity contribution < 1.29 is 0 Å². The van der Waals surface area contributed by atoms with Crippen molar-refractivity contribution in [2.75, 3.05) is 31.9 Å². The Morgan fingerprint density at radius 1 is 1.05 bits per heavy atom. The van der Waals surface area contributed by atoms with Gasteiger partial charge < -0.3 is 5.73 Å². The van der Waals surface area contributed by atoms with Gasteiger partial charge in [0.15, 0.2) is 5.13 Å². The maximum atomic E-state index is 5.67. The van der Waals surface area contributed by atoms with E-state index in [1.165, 1.54) is 13.5 Å². The first kappa shape index (κ1) is 17.2. The van der Waals surface area contributed by atoms with Gasteiger partial charge in [-0.15, -0.1) is 35.1 Å². The molecule has 0 aliphatic carbocycles.